The molecule has 1 unspecified atom stereocenters. The number of hydrogen-bond donors (Lipinski definition) is 1. The Morgan fingerprint density at radius 1 is 1.36 bits per heavy atom. The highest BCUT2D eigenvalue weighted by Crippen LogP contribution is 2.28. The van der Waals surface area contributed by atoms with Gasteiger partial charge in [0.1, 0.15) is 6.61 Å². The summed E-state index contributed by atoms with van der Waals surface area (Å²) in [5.41, 5.74) is 4.42. The molecule has 0 radical (unpaired) electrons. The van der Waals surface area contributed by atoms with Crippen molar-refractivity contribution in [1.82, 2.24) is 20.4 Å². The Morgan fingerprint density at radius 2 is 2.32 bits per heavy atom. The maximum Gasteiger partial charge on any atom is 0.252 e. The Bertz CT molecular complexity index is 725. The minimum Gasteiger partial charge on any atom is -0.376 e. The molecule has 4 rings (SSSR count). The maximum atomic E-state index is 5.70. The number of ether oxygens (including phenoxy) is 2. The van der Waals surface area contributed by atoms with E-state index in [1.807, 2.05) is 13.1 Å². The van der Waals surface area contributed by atoms with Crippen LogP contribution in [0.1, 0.15) is 42.0 Å². The van der Waals surface area contributed by atoms with Crippen molar-refractivity contribution in [2.24, 2.45) is 0 Å². The van der Waals surface area contributed by atoms with Crippen LogP contribution < -0.4 is 5.32 Å². The number of fused-ring (bicyclic) bond motifs is 1. The Kier molecular flexibility index (Phi) is 5.05. The van der Waals surface area contributed by atoms with Crippen molar-refractivity contribution in [2.75, 3.05) is 19.8 Å². The summed E-state index contributed by atoms with van der Waals surface area (Å²) >= 11 is 0. The molecule has 2 aromatic rings. The Morgan fingerprint density at radius 3 is 3.20 bits per heavy atom. The van der Waals surface area contributed by atoms with Gasteiger partial charge in [0.05, 0.1) is 12.7 Å². The molecule has 25 heavy (non-hydrogen) atoms. The highest BCUT2D eigenvalue weighted by Gasteiger charge is 2.21. The van der Waals surface area contributed by atoms with Crippen LogP contribution in [0.15, 0.2) is 10.7 Å². The van der Waals surface area contributed by atoms with Crippen LogP contribution in [0.2, 0.25) is 0 Å². The molecule has 2 aliphatic rings. The van der Waals surface area contributed by atoms with Crippen LogP contribution in [0.25, 0.3) is 11.4 Å². The summed E-state index contributed by atoms with van der Waals surface area (Å²) < 4.78 is 16.8. The van der Waals surface area contributed by atoms with Crippen LogP contribution in [-0.4, -0.2) is 41.0 Å². The molecule has 7 heteroatoms. The lowest BCUT2D eigenvalue weighted by molar-refractivity contribution is -0.0484. The van der Waals surface area contributed by atoms with E-state index in [0.29, 0.717) is 24.9 Å². The summed E-state index contributed by atoms with van der Waals surface area (Å²) in [5, 5.41) is 7.53. The summed E-state index contributed by atoms with van der Waals surface area (Å²) in [6.45, 7) is 5.51. The Balaban J connectivity index is 1.44. The van der Waals surface area contributed by atoms with Gasteiger partial charge in [-0.15, -0.1) is 0 Å². The molecule has 1 N–H and O–H groups in total. The van der Waals surface area contributed by atoms with E-state index in [1.165, 1.54) is 17.5 Å². The maximum absolute atomic E-state index is 5.70. The summed E-state index contributed by atoms with van der Waals surface area (Å²) in [6.07, 6.45) is 6.50. The molecule has 1 atom stereocenters. The molecule has 4 heterocycles. The summed E-state index contributed by atoms with van der Waals surface area (Å²) in [5.74, 6) is 1.10. The molecule has 0 bridgehead atoms. The minimum absolute atomic E-state index is 0.191. The van der Waals surface area contributed by atoms with Gasteiger partial charge < -0.3 is 19.3 Å². The second-order valence-corrected chi connectivity index (χ2v) is 6.66. The largest absolute Gasteiger partial charge is 0.376 e. The predicted octanol–water partition coefficient (Wildman–Crippen LogP) is 2.17. The van der Waals surface area contributed by atoms with Crippen LogP contribution in [0.5, 0.6) is 0 Å². The van der Waals surface area contributed by atoms with Gasteiger partial charge in [-0.2, -0.15) is 4.98 Å². The average Bonchev–Trinajstić information content (AvgIpc) is 3.11. The molecule has 7 nitrogen and oxygen atoms in total. The highest BCUT2D eigenvalue weighted by molar-refractivity contribution is 5.64. The molecule has 0 aromatic carbocycles. The first-order valence-electron chi connectivity index (χ1n) is 9.01. The zero-order valence-electron chi connectivity index (χ0n) is 14.6. The second-order valence-electron chi connectivity index (χ2n) is 6.66. The van der Waals surface area contributed by atoms with Crippen molar-refractivity contribution in [3.63, 3.8) is 0 Å². The average molecular weight is 344 g/mol. The molecular weight excluding hydrogens is 320 g/mol. The van der Waals surface area contributed by atoms with Gasteiger partial charge in [0.2, 0.25) is 5.82 Å². The van der Waals surface area contributed by atoms with E-state index >= 15 is 0 Å². The molecule has 2 aliphatic heterocycles. The van der Waals surface area contributed by atoms with E-state index in [4.69, 9.17) is 14.0 Å². The number of rotatable bonds is 5. The highest BCUT2D eigenvalue weighted by atomic mass is 16.5. The molecule has 0 aliphatic carbocycles. The smallest absolute Gasteiger partial charge is 0.252 e. The summed E-state index contributed by atoms with van der Waals surface area (Å²) in [4.78, 5) is 9.02. The molecule has 134 valence electrons. The molecule has 1 saturated heterocycles. The number of pyridine rings is 1. The van der Waals surface area contributed by atoms with Crippen molar-refractivity contribution < 1.29 is 14.0 Å². The third kappa shape index (κ3) is 3.73. The van der Waals surface area contributed by atoms with Gasteiger partial charge in [-0.3, -0.25) is 4.98 Å². The number of nitrogens with one attached hydrogen (secondary N) is 1. The van der Waals surface area contributed by atoms with Gasteiger partial charge in [0, 0.05) is 30.6 Å². The fourth-order valence-corrected chi connectivity index (χ4v) is 3.50. The Hall–Kier alpha value is -1.83. The zero-order valence-corrected chi connectivity index (χ0v) is 14.6. The monoisotopic (exact) mass is 344 g/mol. The van der Waals surface area contributed by atoms with Crippen molar-refractivity contribution in [3.8, 4) is 11.4 Å². The number of nitrogens with zero attached hydrogens (tertiary/aromatic N) is 3. The number of aryl methyl sites for hydroxylation is 1. The Labute approximate surface area is 147 Å². The topological polar surface area (TPSA) is 82.3 Å². The van der Waals surface area contributed by atoms with Gasteiger partial charge in [0.25, 0.3) is 5.89 Å². The van der Waals surface area contributed by atoms with E-state index in [2.05, 4.69) is 20.4 Å². The minimum atomic E-state index is 0.191. The SMILES string of the molecule is Cc1ncc2c(c1-c1noc(COCC3CCCCO3)n1)CCNC2. The second kappa shape index (κ2) is 7.59. The molecule has 0 spiro atoms. The van der Waals surface area contributed by atoms with E-state index in [0.717, 1.165) is 50.2 Å². The third-order valence-corrected chi connectivity index (χ3v) is 4.83. The van der Waals surface area contributed by atoms with Crippen molar-refractivity contribution in [3.05, 3.63) is 28.9 Å². The van der Waals surface area contributed by atoms with E-state index in [1.54, 1.807) is 0 Å². The number of aromatic nitrogens is 3. The van der Waals surface area contributed by atoms with Crippen molar-refractivity contribution in [2.45, 2.75) is 51.9 Å². The van der Waals surface area contributed by atoms with Gasteiger partial charge in [-0.05, 0) is 50.3 Å². The van der Waals surface area contributed by atoms with Crippen LogP contribution in [0.3, 0.4) is 0 Å². The van der Waals surface area contributed by atoms with Crippen molar-refractivity contribution >= 4 is 0 Å². The van der Waals surface area contributed by atoms with E-state index in [9.17, 15) is 0 Å². The fourth-order valence-electron chi connectivity index (χ4n) is 3.50. The van der Waals surface area contributed by atoms with Gasteiger partial charge in [-0.25, -0.2) is 0 Å². The summed E-state index contributed by atoms with van der Waals surface area (Å²) in [6, 6.07) is 0. The van der Waals surface area contributed by atoms with Gasteiger partial charge in [-0.1, -0.05) is 5.16 Å². The van der Waals surface area contributed by atoms with Crippen LogP contribution in [-0.2, 0) is 29.0 Å². The molecular formula is C18H24N4O3. The van der Waals surface area contributed by atoms with Gasteiger partial charge >= 0.3 is 0 Å². The lowest BCUT2D eigenvalue weighted by Crippen LogP contribution is -2.25. The predicted molar refractivity (Wildman–Crippen MR) is 90.9 cm³/mol. The number of hydrogen-bond acceptors (Lipinski definition) is 7. The standard InChI is InChI=1S/C18H24N4O3/c1-12-17(15-5-6-19-8-13(15)9-20-12)18-21-16(25-22-18)11-23-10-14-4-2-3-7-24-14/h9,14,19H,2-8,10-11H2,1H3. The molecule has 2 aromatic heterocycles. The van der Waals surface area contributed by atoms with Crippen LogP contribution >= 0.6 is 0 Å². The van der Waals surface area contributed by atoms with E-state index < -0.39 is 0 Å². The van der Waals surface area contributed by atoms with Gasteiger partial charge in [0.15, 0.2) is 0 Å². The first-order chi connectivity index (χ1) is 12.3. The van der Waals surface area contributed by atoms with E-state index in [-0.39, 0.29) is 6.10 Å². The van der Waals surface area contributed by atoms with Crippen molar-refractivity contribution in [1.29, 1.82) is 0 Å². The summed E-state index contributed by atoms with van der Waals surface area (Å²) in [7, 11) is 0. The quantitative estimate of drug-likeness (QED) is 0.890. The van der Waals surface area contributed by atoms with Crippen LogP contribution in [0, 0.1) is 6.92 Å². The molecule has 0 amide bonds. The molecule has 1 fully saturated rings. The lowest BCUT2D eigenvalue weighted by atomic mass is 9.95. The normalized spacial score (nSPS) is 20.4. The fraction of sp³-hybridized carbons (Fsp3) is 0.611. The lowest BCUT2D eigenvalue weighted by Gasteiger charge is -2.21. The molecule has 0 saturated carbocycles. The third-order valence-electron chi connectivity index (χ3n) is 4.83. The van der Waals surface area contributed by atoms with Crippen LogP contribution in [0.4, 0.5) is 0 Å². The zero-order chi connectivity index (χ0) is 17.1. The first kappa shape index (κ1) is 16.6. The first-order valence-corrected chi connectivity index (χ1v) is 9.01.